The molecule has 0 bridgehead atoms. The van der Waals surface area contributed by atoms with Crippen molar-refractivity contribution >= 4 is 33.7 Å². The van der Waals surface area contributed by atoms with Gasteiger partial charge in [-0.2, -0.15) is 0 Å². The maximum Gasteiger partial charge on any atom is 0.336 e. The first-order valence-corrected chi connectivity index (χ1v) is 7.47. The zero-order chi connectivity index (χ0) is 13.8. The first-order valence-electron chi connectivity index (χ1n) is 5.70. The zero-order valence-corrected chi connectivity index (χ0v) is 12.7. The van der Waals surface area contributed by atoms with Crippen LogP contribution in [0.25, 0.3) is 0 Å². The lowest BCUT2D eigenvalue weighted by Crippen LogP contribution is -2.00. The molecule has 6 heteroatoms. The van der Waals surface area contributed by atoms with Crippen LogP contribution in [0, 0.1) is 0 Å². The third kappa shape index (κ3) is 3.61. The van der Waals surface area contributed by atoms with Gasteiger partial charge in [0.05, 0.1) is 5.56 Å². The molecule has 0 aliphatic carbocycles. The molecule has 0 saturated carbocycles. The average molecular weight is 341 g/mol. The molecule has 1 aromatic heterocycles. The van der Waals surface area contributed by atoms with Crippen molar-refractivity contribution in [2.75, 3.05) is 5.75 Å². The average Bonchev–Trinajstić information content (AvgIpc) is 2.77. The van der Waals surface area contributed by atoms with Crippen LogP contribution >= 0.6 is 27.7 Å². The van der Waals surface area contributed by atoms with E-state index in [9.17, 15) is 4.79 Å². The summed E-state index contributed by atoms with van der Waals surface area (Å²) in [5.74, 6) is 0.979. The van der Waals surface area contributed by atoms with Crippen molar-refractivity contribution in [1.82, 2.24) is 9.55 Å². The van der Waals surface area contributed by atoms with Crippen LogP contribution in [0.3, 0.4) is 0 Å². The van der Waals surface area contributed by atoms with E-state index in [1.807, 2.05) is 23.9 Å². The third-order valence-electron chi connectivity index (χ3n) is 2.68. The fourth-order valence-electron chi connectivity index (χ4n) is 1.66. The van der Waals surface area contributed by atoms with Gasteiger partial charge in [0, 0.05) is 41.0 Å². The van der Waals surface area contributed by atoms with Crippen LogP contribution in [0.1, 0.15) is 16.2 Å². The lowest BCUT2D eigenvalue weighted by Gasteiger charge is -2.05. The number of rotatable bonds is 5. The maximum absolute atomic E-state index is 11.0. The molecular formula is C13H13BrN2O2S. The van der Waals surface area contributed by atoms with Gasteiger partial charge in [0.25, 0.3) is 0 Å². The van der Waals surface area contributed by atoms with Crippen molar-refractivity contribution in [2.45, 2.75) is 11.3 Å². The maximum atomic E-state index is 11.0. The van der Waals surface area contributed by atoms with Gasteiger partial charge in [0.2, 0.25) is 0 Å². The summed E-state index contributed by atoms with van der Waals surface area (Å²) in [4.78, 5) is 16.2. The molecule has 0 atom stereocenters. The van der Waals surface area contributed by atoms with Crippen molar-refractivity contribution in [2.24, 2.45) is 7.05 Å². The normalized spacial score (nSPS) is 10.6. The van der Waals surface area contributed by atoms with E-state index in [-0.39, 0.29) is 0 Å². The number of aromatic carboxylic acids is 1. The van der Waals surface area contributed by atoms with Crippen LogP contribution in [0.5, 0.6) is 0 Å². The van der Waals surface area contributed by atoms with E-state index < -0.39 is 5.97 Å². The molecule has 2 rings (SSSR count). The van der Waals surface area contributed by atoms with Crippen molar-refractivity contribution < 1.29 is 9.90 Å². The third-order valence-corrected chi connectivity index (χ3v) is 4.37. The van der Waals surface area contributed by atoms with Gasteiger partial charge in [0.1, 0.15) is 5.82 Å². The van der Waals surface area contributed by atoms with Gasteiger partial charge in [-0.25, -0.2) is 9.78 Å². The first kappa shape index (κ1) is 14.1. The summed E-state index contributed by atoms with van der Waals surface area (Å²) in [6.07, 6.45) is 4.55. The first-order chi connectivity index (χ1) is 9.08. The van der Waals surface area contributed by atoms with E-state index in [0.29, 0.717) is 10.0 Å². The van der Waals surface area contributed by atoms with Gasteiger partial charge >= 0.3 is 5.97 Å². The van der Waals surface area contributed by atoms with Gasteiger partial charge in [-0.05, 0) is 34.1 Å². The second-order valence-electron chi connectivity index (χ2n) is 4.00. The van der Waals surface area contributed by atoms with E-state index in [4.69, 9.17) is 5.11 Å². The Hall–Kier alpha value is -1.27. The summed E-state index contributed by atoms with van der Waals surface area (Å²) in [5, 5.41) is 9.05. The minimum absolute atomic E-state index is 0.294. The smallest absolute Gasteiger partial charge is 0.336 e. The second-order valence-corrected chi connectivity index (χ2v) is 6.02. The predicted molar refractivity (Wildman–Crippen MR) is 78.7 cm³/mol. The Balaban J connectivity index is 1.98. The highest BCUT2D eigenvalue weighted by molar-refractivity contribution is 9.10. The molecule has 0 radical (unpaired) electrons. The fourth-order valence-corrected chi connectivity index (χ4v) is 2.96. The summed E-state index contributed by atoms with van der Waals surface area (Å²) in [5.41, 5.74) is 0.294. The van der Waals surface area contributed by atoms with Gasteiger partial charge in [-0.15, -0.1) is 11.8 Å². The van der Waals surface area contributed by atoms with Crippen LogP contribution in [-0.4, -0.2) is 26.4 Å². The molecule has 2 aromatic rings. The van der Waals surface area contributed by atoms with Crippen molar-refractivity contribution in [3.63, 3.8) is 0 Å². The van der Waals surface area contributed by atoms with Gasteiger partial charge in [-0.3, -0.25) is 0 Å². The van der Waals surface area contributed by atoms with Crippen LogP contribution in [0.15, 0.2) is 40.0 Å². The second kappa shape index (κ2) is 6.25. The minimum Gasteiger partial charge on any atom is -0.478 e. The number of benzene rings is 1. The van der Waals surface area contributed by atoms with Gasteiger partial charge in [-0.1, -0.05) is 0 Å². The van der Waals surface area contributed by atoms with Crippen LogP contribution < -0.4 is 0 Å². The Morgan fingerprint density at radius 3 is 2.95 bits per heavy atom. The number of thioether (sulfide) groups is 1. The Labute approximate surface area is 124 Å². The number of aryl methyl sites for hydroxylation is 2. The fraction of sp³-hybridized carbons (Fsp3) is 0.231. The van der Waals surface area contributed by atoms with Crippen LogP contribution in [0.2, 0.25) is 0 Å². The molecule has 1 N–H and O–H groups in total. The van der Waals surface area contributed by atoms with E-state index >= 15 is 0 Å². The molecule has 0 saturated heterocycles. The molecule has 19 heavy (non-hydrogen) atoms. The molecule has 0 unspecified atom stereocenters. The summed E-state index contributed by atoms with van der Waals surface area (Å²) < 4.78 is 2.60. The largest absolute Gasteiger partial charge is 0.478 e. The van der Waals surface area contributed by atoms with Crippen molar-refractivity contribution in [3.05, 3.63) is 46.5 Å². The number of carbonyl (C=O) groups is 1. The van der Waals surface area contributed by atoms with Gasteiger partial charge < -0.3 is 9.67 Å². The highest BCUT2D eigenvalue weighted by atomic mass is 79.9. The number of nitrogens with zero attached hydrogens (tertiary/aromatic N) is 2. The number of hydrogen-bond donors (Lipinski definition) is 1. The minimum atomic E-state index is -0.918. The topological polar surface area (TPSA) is 55.1 Å². The van der Waals surface area contributed by atoms with E-state index in [1.54, 1.807) is 30.1 Å². The predicted octanol–water partition coefficient (Wildman–Crippen LogP) is 3.22. The molecule has 0 amide bonds. The molecule has 0 fully saturated rings. The van der Waals surface area contributed by atoms with Gasteiger partial charge in [0.15, 0.2) is 0 Å². The summed E-state index contributed by atoms with van der Waals surface area (Å²) >= 11 is 4.87. The standard InChI is InChI=1S/C13H13BrN2O2S/c1-16-6-5-15-12(16)4-7-19-9-2-3-11(14)10(8-9)13(17)18/h2-3,5-6,8H,4,7H2,1H3,(H,17,18). The monoisotopic (exact) mass is 340 g/mol. The molecule has 1 aromatic carbocycles. The molecule has 0 aliphatic rings. The Morgan fingerprint density at radius 2 is 2.32 bits per heavy atom. The summed E-state index contributed by atoms with van der Waals surface area (Å²) in [6, 6.07) is 5.38. The van der Waals surface area contributed by atoms with E-state index in [2.05, 4.69) is 20.9 Å². The number of carboxylic acids is 1. The highest BCUT2D eigenvalue weighted by Crippen LogP contribution is 2.25. The van der Waals surface area contributed by atoms with E-state index in [1.165, 1.54) is 0 Å². The molecule has 100 valence electrons. The number of carboxylic acid groups (broad SMARTS) is 1. The molecular weight excluding hydrogens is 328 g/mol. The lowest BCUT2D eigenvalue weighted by atomic mass is 10.2. The molecule has 4 nitrogen and oxygen atoms in total. The number of halogens is 1. The quantitative estimate of drug-likeness (QED) is 0.849. The zero-order valence-electron chi connectivity index (χ0n) is 10.3. The number of aromatic nitrogens is 2. The van der Waals surface area contributed by atoms with E-state index in [0.717, 1.165) is 22.9 Å². The van der Waals surface area contributed by atoms with Crippen LogP contribution in [0.4, 0.5) is 0 Å². The molecule has 0 spiro atoms. The summed E-state index contributed by atoms with van der Waals surface area (Å²) in [7, 11) is 1.97. The number of imidazole rings is 1. The number of hydrogen-bond acceptors (Lipinski definition) is 3. The Kier molecular flexibility index (Phi) is 4.66. The van der Waals surface area contributed by atoms with Crippen molar-refractivity contribution in [1.29, 1.82) is 0 Å². The van der Waals surface area contributed by atoms with Crippen molar-refractivity contribution in [3.8, 4) is 0 Å². The van der Waals surface area contributed by atoms with Crippen LogP contribution in [-0.2, 0) is 13.5 Å². The molecule has 1 heterocycles. The SMILES string of the molecule is Cn1ccnc1CCSc1ccc(Br)c(C(=O)O)c1. The lowest BCUT2D eigenvalue weighted by molar-refractivity contribution is 0.0695. The highest BCUT2D eigenvalue weighted by Gasteiger charge is 2.09. The Bertz CT molecular complexity index is 598. The Morgan fingerprint density at radius 1 is 1.53 bits per heavy atom. The molecule has 0 aliphatic heterocycles. The summed E-state index contributed by atoms with van der Waals surface area (Å²) in [6.45, 7) is 0.